The molecular weight excluding hydrogens is 384 g/mol. The van der Waals surface area contributed by atoms with Crippen LogP contribution in [-0.4, -0.2) is 23.5 Å². The highest BCUT2D eigenvalue weighted by molar-refractivity contribution is 7.80. The molecule has 0 aromatic heterocycles. The first-order valence-electron chi connectivity index (χ1n) is 8.31. The first-order chi connectivity index (χ1) is 12.9. The van der Waals surface area contributed by atoms with Crippen LogP contribution in [0.15, 0.2) is 48.0 Å². The first kappa shape index (κ1) is 19.1. The molecule has 2 aromatic rings. The second-order valence-electron chi connectivity index (χ2n) is 5.92. The molecule has 2 amide bonds. The Morgan fingerprint density at radius 1 is 1.19 bits per heavy atom. The normalized spacial score (nSPS) is 15.9. The number of nitrogens with one attached hydrogen (secondary N) is 1. The van der Waals surface area contributed by atoms with Crippen molar-refractivity contribution in [3.05, 3.63) is 64.2 Å². The van der Waals surface area contributed by atoms with Gasteiger partial charge in [0.05, 0.1) is 17.3 Å². The van der Waals surface area contributed by atoms with Crippen LogP contribution in [-0.2, 0) is 9.59 Å². The van der Waals surface area contributed by atoms with Crippen LogP contribution in [0, 0.1) is 6.92 Å². The van der Waals surface area contributed by atoms with Crippen LogP contribution >= 0.6 is 23.8 Å². The van der Waals surface area contributed by atoms with E-state index in [1.165, 1.54) is 11.0 Å². The summed E-state index contributed by atoms with van der Waals surface area (Å²) in [7, 11) is 0. The van der Waals surface area contributed by atoms with Gasteiger partial charge in [-0.05, 0) is 62.0 Å². The largest absolute Gasteiger partial charge is 0.492 e. The van der Waals surface area contributed by atoms with Crippen LogP contribution in [0.25, 0.3) is 6.08 Å². The quantitative estimate of drug-likeness (QED) is 0.480. The van der Waals surface area contributed by atoms with Crippen molar-refractivity contribution in [3.63, 3.8) is 0 Å². The molecule has 3 rings (SSSR count). The lowest BCUT2D eigenvalue weighted by Crippen LogP contribution is -2.54. The molecule has 1 fully saturated rings. The van der Waals surface area contributed by atoms with Gasteiger partial charge >= 0.3 is 0 Å². The van der Waals surface area contributed by atoms with E-state index in [4.69, 9.17) is 28.6 Å². The Bertz CT molecular complexity index is 954. The highest BCUT2D eigenvalue weighted by Gasteiger charge is 2.34. The molecule has 0 spiro atoms. The fraction of sp³-hybridized carbons (Fsp3) is 0.150. The van der Waals surface area contributed by atoms with Gasteiger partial charge in [-0.2, -0.15) is 0 Å². The van der Waals surface area contributed by atoms with Gasteiger partial charge in [0.25, 0.3) is 11.8 Å². The van der Waals surface area contributed by atoms with E-state index in [1.807, 2.05) is 26.0 Å². The number of halogens is 1. The lowest BCUT2D eigenvalue weighted by molar-refractivity contribution is -0.122. The number of amides is 2. The average Bonchev–Trinajstić information content (AvgIpc) is 2.62. The third-order valence-electron chi connectivity index (χ3n) is 3.96. The number of ether oxygens (including phenoxy) is 1. The Hall–Kier alpha value is -2.70. The van der Waals surface area contributed by atoms with Gasteiger partial charge in [-0.1, -0.05) is 35.4 Å². The zero-order valence-electron chi connectivity index (χ0n) is 14.8. The summed E-state index contributed by atoms with van der Waals surface area (Å²) >= 11 is 11.4. The molecule has 2 aromatic carbocycles. The molecule has 1 N–H and O–H groups in total. The highest BCUT2D eigenvalue weighted by atomic mass is 35.5. The summed E-state index contributed by atoms with van der Waals surface area (Å²) < 4.78 is 5.40. The fourth-order valence-electron chi connectivity index (χ4n) is 2.63. The second kappa shape index (κ2) is 7.90. The van der Waals surface area contributed by atoms with Crippen LogP contribution in [0.1, 0.15) is 18.1 Å². The van der Waals surface area contributed by atoms with E-state index < -0.39 is 11.8 Å². The zero-order valence-corrected chi connectivity index (χ0v) is 16.4. The monoisotopic (exact) mass is 400 g/mol. The molecule has 0 atom stereocenters. The van der Waals surface area contributed by atoms with E-state index in [1.54, 1.807) is 30.3 Å². The fourth-order valence-corrected chi connectivity index (χ4v) is 3.16. The highest BCUT2D eigenvalue weighted by Crippen LogP contribution is 2.28. The molecule has 0 aliphatic carbocycles. The Labute approximate surface area is 167 Å². The van der Waals surface area contributed by atoms with Crippen molar-refractivity contribution < 1.29 is 14.3 Å². The summed E-state index contributed by atoms with van der Waals surface area (Å²) in [6.45, 7) is 4.30. The third kappa shape index (κ3) is 4.02. The average molecular weight is 401 g/mol. The summed E-state index contributed by atoms with van der Waals surface area (Å²) in [5.41, 5.74) is 2.23. The minimum atomic E-state index is -0.543. The standard InChI is InChI=1S/C20H17ClN2O3S/c1-3-26-17-9-6-13(11-16(17)21)10-15-18(24)22-20(27)23(19(15)25)14-7-4-12(2)5-8-14/h4-11H,3H2,1-2H3,(H,22,24,27)/b15-10+. The van der Waals surface area contributed by atoms with Crippen molar-refractivity contribution in [2.45, 2.75) is 13.8 Å². The van der Waals surface area contributed by atoms with Crippen molar-refractivity contribution in [2.75, 3.05) is 11.5 Å². The molecule has 5 nitrogen and oxygen atoms in total. The molecular formula is C20H17ClN2O3S. The number of rotatable bonds is 4. The summed E-state index contributed by atoms with van der Waals surface area (Å²) in [5, 5.41) is 3.02. The second-order valence-corrected chi connectivity index (χ2v) is 6.71. The van der Waals surface area contributed by atoms with Crippen molar-refractivity contribution in [3.8, 4) is 5.75 Å². The van der Waals surface area contributed by atoms with Gasteiger partial charge < -0.3 is 4.74 Å². The van der Waals surface area contributed by atoms with E-state index in [0.717, 1.165) is 5.56 Å². The Morgan fingerprint density at radius 3 is 2.52 bits per heavy atom. The van der Waals surface area contributed by atoms with Gasteiger partial charge in [0, 0.05) is 0 Å². The van der Waals surface area contributed by atoms with Gasteiger partial charge in [0.2, 0.25) is 0 Å². The number of anilines is 1. The summed E-state index contributed by atoms with van der Waals surface area (Å²) in [4.78, 5) is 26.6. The van der Waals surface area contributed by atoms with E-state index in [-0.39, 0.29) is 10.7 Å². The zero-order chi connectivity index (χ0) is 19.6. The molecule has 0 unspecified atom stereocenters. The molecule has 1 aliphatic rings. The number of benzene rings is 2. The maximum atomic E-state index is 12.9. The van der Waals surface area contributed by atoms with Gasteiger partial charge in [0.1, 0.15) is 11.3 Å². The van der Waals surface area contributed by atoms with Crippen LogP contribution < -0.4 is 15.0 Å². The number of aryl methyl sites for hydroxylation is 1. The molecule has 0 radical (unpaired) electrons. The summed E-state index contributed by atoms with van der Waals surface area (Å²) in [5.74, 6) is -0.487. The molecule has 138 valence electrons. The summed E-state index contributed by atoms with van der Waals surface area (Å²) in [6, 6.07) is 12.4. The van der Waals surface area contributed by atoms with Crippen LogP contribution in [0.4, 0.5) is 5.69 Å². The van der Waals surface area contributed by atoms with Gasteiger partial charge in [-0.3, -0.25) is 19.8 Å². The molecule has 0 bridgehead atoms. The maximum Gasteiger partial charge on any atom is 0.270 e. The molecule has 1 heterocycles. The van der Waals surface area contributed by atoms with Gasteiger partial charge in [-0.25, -0.2) is 0 Å². The van der Waals surface area contributed by atoms with Crippen molar-refractivity contribution >= 4 is 52.5 Å². The van der Waals surface area contributed by atoms with Crippen molar-refractivity contribution in [2.24, 2.45) is 0 Å². The third-order valence-corrected chi connectivity index (χ3v) is 4.54. The van der Waals surface area contributed by atoms with E-state index in [2.05, 4.69) is 5.32 Å². The van der Waals surface area contributed by atoms with Crippen LogP contribution in [0.5, 0.6) is 5.75 Å². The van der Waals surface area contributed by atoms with Gasteiger partial charge in [0.15, 0.2) is 5.11 Å². The lowest BCUT2D eigenvalue weighted by atomic mass is 10.1. The van der Waals surface area contributed by atoms with Crippen molar-refractivity contribution in [1.29, 1.82) is 0 Å². The number of hydrogen-bond acceptors (Lipinski definition) is 4. The number of hydrogen-bond donors (Lipinski definition) is 1. The minimum absolute atomic E-state index is 0.0237. The number of carbonyl (C=O) groups excluding carboxylic acids is 2. The Balaban J connectivity index is 1.96. The number of thiocarbonyl (C=S) groups is 1. The minimum Gasteiger partial charge on any atom is -0.492 e. The SMILES string of the molecule is CCOc1ccc(/C=C2\C(=O)NC(=S)N(c3ccc(C)cc3)C2=O)cc1Cl. The van der Waals surface area contributed by atoms with Crippen LogP contribution in [0.2, 0.25) is 5.02 Å². The predicted octanol–water partition coefficient (Wildman–Crippen LogP) is 3.88. The Kier molecular flexibility index (Phi) is 5.58. The van der Waals surface area contributed by atoms with Crippen molar-refractivity contribution in [1.82, 2.24) is 5.32 Å². The maximum absolute atomic E-state index is 12.9. The number of nitrogens with zero attached hydrogens (tertiary/aromatic N) is 1. The van der Waals surface area contributed by atoms with E-state index in [0.29, 0.717) is 28.6 Å². The molecule has 7 heteroatoms. The van der Waals surface area contributed by atoms with Gasteiger partial charge in [-0.15, -0.1) is 0 Å². The molecule has 1 aliphatic heterocycles. The Morgan fingerprint density at radius 2 is 1.89 bits per heavy atom. The molecule has 0 saturated carbocycles. The van der Waals surface area contributed by atoms with E-state index >= 15 is 0 Å². The number of carbonyl (C=O) groups is 2. The van der Waals surface area contributed by atoms with E-state index in [9.17, 15) is 9.59 Å². The lowest BCUT2D eigenvalue weighted by Gasteiger charge is -2.29. The molecule has 1 saturated heterocycles. The summed E-state index contributed by atoms with van der Waals surface area (Å²) in [6.07, 6.45) is 1.49. The molecule has 27 heavy (non-hydrogen) atoms. The van der Waals surface area contributed by atoms with Crippen LogP contribution in [0.3, 0.4) is 0 Å². The first-order valence-corrected chi connectivity index (χ1v) is 9.10. The topological polar surface area (TPSA) is 58.6 Å². The predicted molar refractivity (Wildman–Crippen MR) is 110 cm³/mol. The smallest absolute Gasteiger partial charge is 0.270 e.